The van der Waals surface area contributed by atoms with E-state index in [-0.39, 0.29) is 23.7 Å². The molecule has 6 nitrogen and oxygen atoms in total. The highest BCUT2D eigenvalue weighted by Gasteiger charge is 2.32. The largest absolute Gasteiger partial charge is 0.310 e. The van der Waals surface area contributed by atoms with Gasteiger partial charge in [-0.15, -0.1) is 0 Å². The van der Waals surface area contributed by atoms with Crippen LogP contribution in [0.25, 0.3) is 21.9 Å². The topological polar surface area (TPSA) is 63.1 Å². The fraction of sp³-hybridized carbons (Fsp3) is 0.409. The first-order chi connectivity index (χ1) is 13.9. The summed E-state index contributed by atoms with van der Waals surface area (Å²) >= 11 is 0. The van der Waals surface area contributed by atoms with E-state index >= 15 is 0 Å². The number of nitrogens with one attached hydrogen (secondary N) is 1. The van der Waals surface area contributed by atoms with Crippen LogP contribution in [-0.4, -0.2) is 45.7 Å². The van der Waals surface area contributed by atoms with E-state index in [0.717, 1.165) is 36.8 Å². The number of hydrogen-bond donors (Lipinski definition) is 1. The maximum atomic E-state index is 14.6. The van der Waals surface area contributed by atoms with Gasteiger partial charge in [-0.1, -0.05) is 12.8 Å². The van der Waals surface area contributed by atoms with Crippen molar-refractivity contribution in [2.24, 2.45) is 13.0 Å². The van der Waals surface area contributed by atoms with E-state index in [1.807, 2.05) is 33.4 Å². The van der Waals surface area contributed by atoms with Gasteiger partial charge in [-0.2, -0.15) is 5.10 Å². The number of aromatic nitrogens is 3. The third kappa shape index (κ3) is 4.00. The summed E-state index contributed by atoms with van der Waals surface area (Å²) in [5.41, 5.74) is 1.58. The van der Waals surface area contributed by atoms with E-state index in [4.69, 9.17) is 0 Å². The minimum absolute atomic E-state index is 0.0147. The van der Waals surface area contributed by atoms with Crippen LogP contribution in [0.4, 0.5) is 10.2 Å². The maximum absolute atomic E-state index is 14.6. The molecule has 1 aliphatic carbocycles. The van der Waals surface area contributed by atoms with Crippen molar-refractivity contribution in [1.29, 1.82) is 0 Å². The van der Waals surface area contributed by atoms with Crippen LogP contribution < -0.4 is 5.32 Å². The first-order valence-electron chi connectivity index (χ1n) is 9.98. The van der Waals surface area contributed by atoms with Gasteiger partial charge in [-0.05, 0) is 56.1 Å². The molecule has 0 bridgehead atoms. The van der Waals surface area contributed by atoms with Crippen LogP contribution >= 0.6 is 0 Å². The van der Waals surface area contributed by atoms with Crippen molar-refractivity contribution in [3.63, 3.8) is 0 Å². The highest BCUT2D eigenvalue weighted by Crippen LogP contribution is 2.30. The predicted molar refractivity (Wildman–Crippen MR) is 112 cm³/mol. The molecule has 2 atom stereocenters. The Morgan fingerprint density at radius 1 is 1.17 bits per heavy atom. The number of benzene rings is 1. The van der Waals surface area contributed by atoms with Gasteiger partial charge in [-0.3, -0.25) is 9.48 Å². The average molecular weight is 395 g/mol. The van der Waals surface area contributed by atoms with Crippen molar-refractivity contribution < 1.29 is 9.18 Å². The second-order valence-electron chi connectivity index (χ2n) is 8.06. The Bertz CT molecular complexity index is 1040. The molecule has 3 aromatic rings. The lowest BCUT2D eigenvalue weighted by Gasteiger charge is -2.35. The van der Waals surface area contributed by atoms with E-state index < -0.39 is 0 Å². The zero-order valence-corrected chi connectivity index (χ0v) is 17.0. The summed E-state index contributed by atoms with van der Waals surface area (Å²) in [4.78, 5) is 19.3. The van der Waals surface area contributed by atoms with Crippen molar-refractivity contribution in [3.05, 3.63) is 42.6 Å². The number of pyridine rings is 1. The Morgan fingerprint density at radius 3 is 2.69 bits per heavy atom. The number of carbonyl (C=O) groups excluding carboxylic acids is 1. The predicted octanol–water partition coefficient (Wildman–Crippen LogP) is 3.83. The van der Waals surface area contributed by atoms with Crippen molar-refractivity contribution >= 4 is 22.5 Å². The van der Waals surface area contributed by atoms with Gasteiger partial charge in [-0.25, -0.2) is 9.37 Å². The minimum atomic E-state index is -0.341. The Hall–Kier alpha value is -2.80. The molecule has 2 unspecified atom stereocenters. The third-order valence-electron chi connectivity index (χ3n) is 5.81. The van der Waals surface area contributed by atoms with Gasteiger partial charge in [0.05, 0.1) is 12.1 Å². The van der Waals surface area contributed by atoms with Gasteiger partial charge >= 0.3 is 0 Å². The molecular formula is C22H26FN5O. The van der Waals surface area contributed by atoms with Crippen LogP contribution in [0, 0.1) is 11.7 Å². The van der Waals surface area contributed by atoms with Gasteiger partial charge in [0.1, 0.15) is 11.6 Å². The molecular weight excluding hydrogens is 369 g/mol. The molecule has 7 heteroatoms. The average Bonchev–Trinajstić information content (AvgIpc) is 3.14. The van der Waals surface area contributed by atoms with Gasteiger partial charge in [0, 0.05) is 36.4 Å². The molecule has 2 heterocycles. The number of fused-ring (bicyclic) bond motifs is 1. The highest BCUT2D eigenvalue weighted by atomic mass is 19.1. The lowest BCUT2D eigenvalue weighted by Crippen LogP contribution is -2.43. The second kappa shape index (κ2) is 7.91. The van der Waals surface area contributed by atoms with E-state index in [2.05, 4.69) is 20.3 Å². The maximum Gasteiger partial charge on any atom is 0.230 e. The number of halogens is 1. The van der Waals surface area contributed by atoms with Gasteiger partial charge in [0.25, 0.3) is 0 Å². The smallest absolute Gasteiger partial charge is 0.230 e. The van der Waals surface area contributed by atoms with Crippen LogP contribution in [0.2, 0.25) is 0 Å². The fourth-order valence-electron chi connectivity index (χ4n) is 4.27. The summed E-state index contributed by atoms with van der Waals surface area (Å²) < 4.78 is 16.3. The Balaban J connectivity index is 1.62. The molecule has 0 aliphatic heterocycles. The monoisotopic (exact) mass is 395 g/mol. The van der Waals surface area contributed by atoms with E-state index in [1.54, 1.807) is 16.9 Å². The minimum Gasteiger partial charge on any atom is -0.310 e. The fourth-order valence-corrected chi connectivity index (χ4v) is 4.27. The Morgan fingerprint density at radius 2 is 1.97 bits per heavy atom. The summed E-state index contributed by atoms with van der Waals surface area (Å²) in [6.07, 6.45) is 9.14. The van der Waals surface area contributed by atoms with Crippen LogP contribution in [-0.2, 0) is 11.8 Å². The molecule has 2 aromatic heterocycles. The molecule has 0 spiro atoms. The molecule has 0 radical (unpaired) electrons. The summed E-state index contributed by atoms with van der Waals surface area (Å²) in [6.45, 7) is 0. The number of rotatable bonds is 4. The standard InChI is InChI=1S/C22H26FN5O/c1-27(2)20-7-5-4-6-17(20)22(29)26-21-10-15-8-14(16-11-25-28(3)13-16)9-19(23)18(15)12-24-21/h8-13,17,20H,4-7H2,1-3H3,(H,24,26,29). The van der Waals surface area contributed by atoms with Crippen LogP contribution in [0.15, 0.2) is 36.8 Å². The van der Waals surface area contributed by atoms with Gasteiger partial charge < -0.3 is 10.2 Å². The summed E-state index contributed by atoms with van der Waals surface area (Å²) in [5, 5.41) is 8.24. The first-order valence-corrected chi connectivity index (χ1v) is 9.98. The van der Waals surface area contributed by atoms with Crippen LogP contribution in [0.1, 0.15) is 25.7 Å². The normalized spacial score (nSPS) is 19.6. The molecule has 1 amide bonds. The van der Waals surface area contributed by atoms with E-state index in [0.29, 0.717) is 16.6 Å². The number of amides is 1. The lowest BCUT2D eigenvalue weighted by atomic mass is 9.83. The summed E-state index contributed by atoms with van der Waals surface area (Å²) in [6, 6.07) is 5.36. The molecule has 1 N–H and O–H groups in total. The lowest BCUT2D eigenvalue weighted by molar-refractivity contribution is -0.122. The molecule has 1 aliphatic rings. The number of nitrogens with zero attached hydrogens (tertiary/aromatic N) is 4. The van der Waals surface area contributed by atoms with E-state index in [1.165, 1.54) is 12.3 Å². The van der Waals surface area contributed by atoms with Crippen molar-refractivity contribution in [1.82, 2.24) is 19.7 Å². The number of carbonyl (C=O) groups is 1. The van der Waals surface area contributed by atoms with Crippen LogP contribution in [0.5, 0.6) is 0 Å². The molecule has 1 saturated carbocycles. The van der Waals surface area contributed by atoms with Gasteiger partial charge in [0.2, 0.25) is 5.91 Å². The SMILES string of the molecule is CN(C)C1CCCCC1C(=O)Nc1cc2cc(-c3cnn(C)c3)cc(F)c2cn1. The zero-order chi connectivity index (χ0) is 20.5. The van der Waals surface area contributed by atoms with Crippen molar-refractivity contribution in [2.75, 3.05) is 19.4 Å². The van der Waals surface area contributed by atoms with E-state index in [9.17, 15) is 9.18 Å². The first kappa shape index (κ1) is 19.5. The number of hydrogen-bond acceptors (Lipinski definition) is 4. The molecule has 29 heavy (non-hydrogen) atoms. The van der Waals surface area contributed by atoms with Crippen molar-refractivity contribution in [3.8, 4) is 11.1 Å². The van der Waals surface area contributed by atoms with Crippen LogP contribution in [0.3, 0.4) is 0 Å². The summed E-state index contributed by atoms with van der Waals surface area (Å²) in [5.74, 6) is 0.0360. The highest BCUT2D eigenvalue weighted by molar-refractivity contribution is 5.95. The van der Waals surface area contributed by atoms with Crippen molar-refractivity contribution in [2.45, 2.75) is 31.7 Å². The Kier molecular flexibility index (Phi) is 5.32. The molecule has 0 saturated heterocycles. The molecule has 1 fully saturated rings. The summed E-state index contributed by atoms with van der Waals surface area (Å²) in [7, 11) is 5.87. The van der Waals surface area contributed by atoms with Gasteiger partial charge in [0.15, 0.2) is 0 Å². The third-order valence-corrected chi connectivity index (χ3v) is 5.81. The second-order valence-corrected chi connectivity index (χ2v) is 8.06. The Labute approximate surface area is 169 Å². The number of anilines is 1. The number of aryl methyl sites for hydroxylation is 1. The molecule has 1 aromatic carbocycles. The molecule has 152 valence electrons. The zero-order valence-electron chi connectivity index (χ0n) is 17.0. The molecule has 4 rings (SSSR count). The quantitative estimate of drug-likeness (QED) is 0.729.